The second-order valence-electron chi connectivity index (χ2n) is 5.14. The van der Waals surface area contributed by atoms with E-state index in [1.165, 1.54) is 12.8 Å². The third kappa shape index (κ3) is 1.14. The molecule has 0 amide bonds. The molecule has 2 rings (SSSR count). The first-order chi connectivity index (χ1) is 7.09. The lowest BCUT2D eigenvalue weighted by Crippen LogP contribution is -2.43. The predicted molar refractivity (Wildman–Crippen MR) is 59.6 cm³/mol. The highest BCUT2D eigenvalue weighted by Crippen LogP contribution is 2.62. The summed E-state index contributed by atoms with van der Waals surface area (Å²) in [4.78, 5) is 11.7. The highest BCUT2D eigenvalue weighted by Gasteiger charge is 2.59. The van der Waals surface area contributed by atoms with Crippen LogP contribution in [-0.2, 0) is 4.79 Å². The zero-order valence-corrected chi connectivity index (χ0v) is 9.68. The van der Waals surface area contributed by atoms with Crippen molar-refractivity contribution in [2.75, 3.05) is 0 Å². The van der Waals surface area contributed by atoms with Gasteiger partial charge in [0.05, 0.1) is 5.41 Å². The van der Waals surface area contributed by atoms with Gasteiger partial charge in [-0.1, -0.05) is 31.4 Å². The van der Waals surface area contributed by atoms with Crippen molar-refractivity contribution in [1.29, 1.82) is 0 Å². The van der Waals surface area contributed by atoms with Crippen LogP contribution in [0.1, 0.15) is 52.4 Å². The van der Waals surface area contributed by atoms with Crippen LogP contribution in [0.3, 0.4) is 0 Å². The number of carboxylic acid groups (broad SMARTS) is 1. The van der Waals surface area contributed by atoms with Crippen LogP contribution in [0.5, 0.6) is 0 Å². The number of hydrogen-bond donors (Lipinski definition) is 1. The van der Waals surface area contributed by atoms with Crippen LogP contribution in [0.2, 0.25) is 0 Å². The average molecular weight is 208 g/mol. The van der Waals surface area contributed by atoms with Gasteiger partial charge in [0, 0.05) is 0 Å². The zero-order chi connectivity index (χ0) is 11.1. The molecule has 0 heterocycles. The fourth-order valence-corrected chi connectivity index (χ4v) is 4.00. The SMILES string of the molecule is CCC1(C(=O)O)C(C)=CCC12CCCC2. The highest BCUT2D eigenvalue weighted by atomic mass is 16.4. The van der Waals surface area contributed by atoms with Crippen molar-refractivity contribution in [3.8, 4) is 0 Å². The van der Waals surface area contributed by atoms with E-state index in [0.717, 1.165) is 31.3 Å². The van der Waals surface area contributed by atoms with Gasteiger partial charge in [-0.3, -0.25) is 4.79 Å². The molecule has 1 saturated carbocycles. The van der Waals surface area contributed by atoms with Crippen LogP contribution in [0.4, 0.5) is 0 Å². The molecule has 0 saturated heterocycles. The van der Waals surface area contributed by atoms with E-state index >= 15 is 0 Å². The lowest BCUT2D eigenvalue weighted by Gasteiger charge is -2.41. The van der Waals surface area contributed by atoms with Crippen molar-refractivity contribution in [1.82, 2.24) is 0 Å². The molecule has 15 heavy (non-hydrogen) atoms. The molecule has 2 aliphatic carbocycles. The molecular weight excluding hydrogens is 188 g/mol. The molecule has 0 bridgehead atoms. The third-order valence-corrected chi connectivity index (χ3v) is 4.83. The summed E-state index contributed by atoms with van der Waals surface area (Å²) in [5.41, 5.74) is 0.598. The minimum absolute atomic E-state index is 0.0532. The minimum atomic E-state index is -0.599. The average Bonchev–Trinajstić information content (AvgIpc) is 2.76. The lowest BCUT2D eigenvalue weighted by atomic mass is 9.60. The Kier molecular flexibility index (Phi) is 2.40. The minimum Gasteiger partial charge on any atom is -0.481 e. The number of allylic oxidation sites excluding steroid dienone is 1. The Morgan fingerprint density at radius 2 is 2.07 bits per heavy atom. The van der Waals surface area contributed by atoms with Crippen molar-refractivity contribution in [3.05, 3.63) is 11.6 Å². The van der Waals surface area contributed by atoms with E-state index < -0.39 is 11.4 Å². The fraction of sp³-hybridized carbons (Fsp3) is 0.769. The standard InChI is InChI=1S/C13H20O2/c1-3-13(11(14)15)10(2)6-9-12(13)7-4-5-8-12/h6H,3-5,7-9H2,1-2H3,(H,14,15). The van der Waals surface area contributed by atoms with E-state index in [4.69, 9.17) is 0 Å². The van der Waals surface area contributed by atoms with E-state index in [-0.39, 0.29) is 5.41 Å². The quantitative estimate of drug-likeness (QED) is 0.706. The number of carbonyl (C=O) groups is 1. The van der Waals surface area contributed by atoms with Crippen molar-refractivity contribution in [2.45, 2.75) is 52.4 Å². The maximum atomic E-state index is 11.7. The first-order valence-corrected chi connectivity index (χ1v) is 6.00. The summed E-state index contributed by atoms with van der Waals surface area (Å²) >= 11 is 0. The first-order valence-electron chi connectivity index (χ1n) is 6.00. The Balaban J connectivity index is 2.47. The Hall–Kier alpha value is -0.790. The van der Waals surface area contributed by atoms with Gasteiger partial charge in [0.25, 0.3) is 0 Å². The van der Waals surface area contributed by atoms with Gasteiger partial charge in [0.1, 0.15) is 0 Å². The van der Waals surface area contributed by atoms with Crippen LogP contribution in [0, 0.1) is 10.8 Å². The van der Waals surface area contributed by atoms with Crippen LogP contribution in [-0.4, -0.2) is 11.1 Å². The Bertz CT molecular complexity index is 310. The number of hydrogen-bond acceptors (Lipinski definition) is 1. The Labute approximate surface area is 91.4 Å². The van der Waals surface area contributed by atoms with Gasteiger partial charge in [0.15, 0.2) is 0 Å². The van der Waals surface area contributed by atoms with E-state index in [1.54, 1.807) is 0 Å². The smallest absolute Gasteiger partial charge is 0.314 e. The van der Waals surface area contributed by atoms with E-state index in [0.29, 0.717) is 0 Å². The van der Waals surface area contributed by atoms with E-state index in [2.05, 4.69) is 6.08 Å². The van der Waals surface area contributed by atoms with Crippen LogP contribution < -0.4 is 0 Å². The molecule has 2 aliphatic rings. The summed E-state index contributed by atoms with van der Waals surface area (Å²) in [6.45, 7) is 4.03. The lowest BCUT2D eigenvalue weighted by molar-refractivity contribution is -0.154. The summed E-state index contributed by atoms with van der Waals surface area (Å²) in [5, 5.41) is 9.62. The van der Waals surface area contributed by atoms with Gasteiger partial charge in [-0.2, -0.15) is 0 Å². The second kappa shape index (κ2) is 3.36. The molecule has 2 heteroatoms. The van der Waals surface area contributed by atoms with Gasteiger partial charge < -0.3 is 5.11 Å². The second-order valence-corrected chi connectivity index (χ2v) is 5.14. The molecule has 0 aromatic carbocycles. The van der Waals surface area contributed by atoms with Crippen molar-refractivity contribution in [3.63, 3.8) is 0 Å². The third-order valence-electron chi connectivity index (χ3n) is 4.83. The summed E-state index contributed by atoms with van der Waals surface area (Å²) in [6, 6.07) is 0. The van der Waals surface area contributed by atoms with E-state index in [9.17, 15) is 9.90 Å². The molecule has 0 aliphatic heterocycles. The Morgan fingerprint density at radius 3 is 2.53 bits per heavy atom. The maximum absolute atomic E-state index is 11.7. The molecule has 1 unspecified atom stereocenters. The molecule has 0 aromatic rings. The monoisotopic (exact) mass is 208 g/mol. The summed E-state index contributed by atoms with van der Waals surface area (Å²) < 4.78 is 0. The van der Waals surface area contributed by atoms with Crippen LogP contribution in [0.25, 0.3) is 0 Å². The summed E-state index contributed by atoms with van der Waals surface area (Å²) in [7, 11) is 0. The molecular formula is C13H20O2. The van der Waals surface area contributed by atoms with Gasteiger partial charge >= 0.3 is 5.97 Å². The van der Waals surface area contributed by atoms with Crippen LogP contribution in [0.15, 0.2) is 11.6 Å². The normalized spacial score (nSPS) is 33.3. The zero-order valence-electron chi connectivity index (χ0n) is 9.68. The fourth-order valence-electron chi connectivity index (χ4n) is 4.00. The topological polar surface area (TPSA) is 37.3 Å². The molecule has 0 aromatic heterocycles. The van der Waals surface area contributed by atoms with E-state index in [1.807, 2.05) is 13.8 Å². The van der Waals surface area contributed by atoms with Gasteiger partial charge in [-0.05, 0) is 38.0 Å². The largest absolute Gasteiger partial charge is 0.481 e. The first kappa shape index (κ1) is 10.7. The molecule has 0 radical (unpaired) electrons. The molecule has 2 nitrogen and oxygen atoms in total. The number of aliphatic carboxylic acids is 1. The summed E-state index contributed by atoms with van der Waals surface area (Å²) in [6.07, 6.45) is 8.50. The molecule has 1 atom stereocenters. The molecule has 84 valence electrons. The molecule has 1 N–H and O–H groups in total. The van der Waals surface area contributed by atoms with Crippen molar-refractivity contribution < 1.29 is 9.90 Å². The highest BCUT2D eigenvalue weighted by molar-refractivity contribution is 5.81. The van der Waals surface area contributed by atoms with Crippen molar-refractivity contribution in [2.24, 2.45) is 10.8 Å². The van der Waals surface area contributed by atoms with Crippen LogP contribution >= 0.6 is 0 Å². The molecule has 1 fully saturated rings. The maximum Gasteiger partial charge on any atom is 0.314 e. The Morgan fingerprint density at radius 1 is 1.47 bits per heavy atom. The van der Waals surface area contributed by atoms with Crippen molar-refractivity contribution >= 4 is 5.97 Å². The predicted octanol–water partition coefficient (Wildman–Crippen LogP) is 3.38. The van der Waals surface area contributed by atoms with Gasteiger partial charge in [0.2, 0.25) is 0 Å². The van der Waals surface area contributed by atoms with Gasteiger partial charge in [-0.25, -0.2) is 0 Å². The molecule has 1 spiro atoms. The number of rotatable bonds is 2. The number of carboxylic acids is 1. The summed E-state index contributed by atoms with van der Waals surface area (Å²) in [5.74, 6) is -0.599. The van der Waals surface area contributed by atoms with Gasteiger partial charge in [-0.15, -0.1) is 0 Å².